The normalized spacial score (nSPS) is 12.7. The second-order valence-electron chi connectivity index (χ2n) is 9.29. The molecule has 0 saturated heterocycles. The van der Waals surface area contributed by atoms with E-state index in [1.807, 2.05) is 52.0 Å². The highest BCUT2D eigenvalue weighted by Gasteiger charge is 2.31. The van der Waals surface area contributed by atoms with Crippen LogP contribution >= 0.6 is 11.6 Å². The van der Waals surface area contributed by atoms with Crippen molar-refractivity contribution in [1.82, 2.24) is 10.2 Å². The predicted octanol–water partition coefficient (Wildman–Crippen LogP) is 3.89. The first-order chi connectivity index (χ1) is 15.6. The highest BCUT2D eigenvalue weighted by Crippen LogP contribution is 2.25. The summed E-state index contributed by atoms with van der Waals surface area (Å²) in [5.41, 5.74) is 1.35. The van der Waals surface area contributed by atoms with Crippen molar-refractivity contribution >= 4 is 39.1 Å². The maximum Gasteiger partial charge on any atom is 0.244 e. The molecule has 2 rings (SSSR count). The molecular formula is C24H31ClFN3O4S. The van der Waals surface area contributed by atoms with Gasteiger partial charge in [-0.1, -0.05) is 41.4 Å². The zero-order valence-electron chi connectivity index (χ0n) is 20.2. The van der Waals surface area contributed by atoms with Crippen molar-refractivity contribution in [3.63, 3.8) is 0 Å². The third kappa shape index (κ3) is 7.70. The van der Waals surface area contributed by atoms with Gasteiger partial charge in [0.25, 0.3) is 0 Å². The van der Waals surface area contributed by atoms with Crippen LogP contribution in [0.15, 0.2) is 42.5 Å². The molecule has 2 amide bonds. The fraction of sp³-hybridized carbons (Fsp3) is 0.417. The molecule has 7 nitrogen and oxygen atoms in total. The van der Waals surface area contributed by atoms with Gasteiger partial charge >= 0.3 is 0 Å². The number of rotatable bonds is 8. The number of amides is 2. The van der Waals surface area contributed by atoms with Crippen LogP contribution in [0, 0.1) is 12.7 Å². The number of anilines is 1. The van der Waals surface area contributed by atoms with Crippen LogP contribution in [0.4, 0.5) is 10.1 Å². The second kappa shape index (κ2) is 10.7. The molecule has 0 aromatic heterocycles. The SMILES string of the molecule is Cc1ccc(CN(C(=O)CN(c2ccc(F)c(Cl)c2)S(C)(=O)=O)[C@H](C)C(=O)NC(C)(C)C)cc1. The minimum absolute atomic E-state index is 0.0457. The largest absolute Gasteiger partial charge is 0.350 e. The first-order valence-electron chi connectivity index (χ1n) is 10.7. The van der Waals surface area contributed by atoms with E-state index in [4.69, 9.17) is 11.6 Å². The van der Waals surface area contributed by atoms with E-state index in [0.717, 1.165) is 33.8 Å². The highest BCUT2D eigenvalue weighted by atomic mass is 35.5. The Balaban J connectivity index is 2.41. The van der Waals surface area contributed by atoms with Crippen molar-refractivity contribution in [2.75, 3.05) is 17.1 Å². The van der Waals surface area contributed by atoms with Crippen molar-refractivity contribution in [2.24, 2.45) is 0 Å². The predicted molar refractivity (Wildman–Crippen MR) is 133 cm³/mol. The number of sulfonamides is 1. The molecule has 0 aliphatic carbocycles. The molecule has 186 valence electrons. The zero-order valence-corrected chi connectivity index (χ0v) is 21.8. The lowest BCUT2D eigenvalue weighted by Gasteiger charge is -2.33. The Morgan fingerprint density at radius 1 is 1.12 bits per heavy atom. The van der Waals surface area contributed by atoms with Crippen LogP contribution in [0.1, 0.15) is 38.8 Å². The average Bonchev–Trinajstić information content (AvgIpc) is 2.71. The van der Waals surface area contributed by atoms with E-state index in [1.54, 1.807) is 6.92 Å². The van der Waals surface area contributed by atoms with Crippen molar-refractivity contribution in [1.29, 1.82) is 0 Å². The molecular weight excluding hydrogens is 481 g/mol. The zero-order chi connectivity index (χ0) is 25.8. The molecule has 0 radical (unpaired) electrons. The van der Waals surface area contributed by atoms with E-state index >= 15 is 0 Å². The number of hydrogen-bond donors (Lipinski definition) is 1. The van der Waals surface area contributed by atoms with Gasteiger partial charge in [-0.3, -0.25) is 13.9 Å². The van der Waals surface area contributed by atoms with E-state index in [0.29, 0.717) is 0 Å². The van der Waals surface area contributed by atoms with Crippen LogP contribution < -0.4 is 9.62 Å². The Labute approximate surface area is 205 Å². The summed E-state index contributed by atoms with van der Waals surface area (Å²) in [5, 5.41) is 2.58. The van der Waals surface area contributed by atoms with E-state index < -0.39 is 39.9 Å². The molecule has 0 saturated carbocycles. The first kappa shape index (κ1) is 27.6. The van der Waals surface area contributed by atoms with Crippen LogP contribution in [0.5, 0.6) is 0 Å². The van der Waals surface area contributed by atoms with Gasteiger partial charge in [0.05, 0.1) is 17.0 Å². The number of carbonyl (C=O) groups is 2. The van der Waals surface area contributed by atoms with Crippen LogP contribution in [-0.4, -0.2) is 49.5 Å². The van der Waals surface area contributed by atoms with Crippen LogP contribution in [0.3, 0.4) is 0 Å². The molecule has 2 aromatic rings. The molecule has 1 N–H and O–H groups in total. The summed E-state index contributed by atoms with van der Waals surface area (Å²) in [6.45, 7) is 8.52. The smallest absolute Gasteiger partial charge is 0.244 e. The molecule has 0 unspecified atom stereocenters. The Kier molecular flexibility index (Phi) is 8.71. The minimum atomic E-state index is -3.93. The van der Waals surface area contributed by atoms with Crippen LogP contribution in [-0.2, 0) is 26.2 Å². The maximum atomic E-state index is 13.6. The lowest BCUT2D eigenvalue weighted by molar-refractivity contribution is -0.140. The number of hydrogen-bond acceptors (Lipinski definition) is 4. The fourth-order valence-corrected chi connectivity index (χ4v) is 4.22. The maximum absolute atomic E-state index is 13.6. The molecule has 1 atom stereocenters. The molecule has 0 aliphatic rings. The minimum Gasteiger partial charge on any atom is -0.350 e. The number of aryl methyl sites for hydroxylation is 1. The average molecular weight is 512 g/mol. The molecule has 0 aliphatic heterocycles. The van der Waals surface area contributed by atoms with E-state index in [9.17, 15) is 22.4 Å². The number of nitrogens with zero attached hydrogens (tertiary/aromatic N) is 2. The molecule has 10 heteroatoms. The summed E-state index contributed by atoms with van der Waals surface area (Å²) in [4.78, 5) is 27.7. The Morgan fingerprint density at radius 3 is 2.21 bits per heavy atom. The van der Waals surface area contributed by atoms with Crippen molar-refractivity contribution in [3.8, 4) is 0 Å². The summed E-state index contributed by atoms with van der Waals surface area (Å²) in [6.07, 6.45) is 0.942. The van der Waals surface area contributed by atoms with Crippen molar-refractivity contribution < 1.29 is 22.4 Å². The second-order valence-corrected chi connectivity index (χ2v) is 11.6. The standard InChI is InChI=1S/C24H31ClFN3O4S/c1-16-7-9-18(10-8-16)14-28(17(2)23(31)27-24(3,4)5)22(30)15-29(34(6,32)33)19-11-12-21(26)20(25)13-19/h7-13,17H,14-15H2,1-6H3,(H,27,31)/t17-/m1/s1. The van der Waals surface area contributed by atoms with Crippen molar-refractivity contribution in [2.45, 2.75) is 52.7 Å². The number of nitrogens with one attached hydrogen (secondary N) is 1. The van der Waals surface area contributed by atoms with Gasteiger partial charge in [-0.25, -0.2) is 12.8 Å². The van der Waals surface area contributed by atoms with E-state index in [-0.39, 0.29) is 23.2 Å². The van der Waals surface area contributed by atoms with E-state index in [1.165, 1.54) is 11.0 Å². The third-order valence-electron chi connectivity index (χ3n) is 5.01. The monoisotopic (exact) mass is 511 g/mol. The van der Waals surface area contributed by atoms with E-state index in [2.05, 4.69) is 5.32 Å². The number of carbonyl (C=O) groups excluding carboxylic acids is 2. The highest BCUT2D eigenvalue weighted by molar-refractivity contribution is 7.92. The van der Waals surface area contributed by atoms with Gasteiger partial charge in [-0.05, 0) is 58.4 Å². The molecule has 0 heterocycles. The summed E-state index contributed by atoms with van der Waals surface area (Å²) in [6, 6.07) is 10.00. The van der Waals surface area contributed by atoms with Gasteiger partial charge in [-0.15, -0.1) is 0 Å². The Hall–Kier alpha value is -2.65. The molecule has 2 aromatic carbocycles. The fourth-order valence-electron chi connectivity index (χ4n) is 3.20. The molecule has 0 bridgehead atoms. The van der Waals surface area contributed by atoms with Gasteiger partial charge in [-0.2, -0.15) is 0 Å². The summed E-state index contributed by atoms with van der Waals surface area (Å²) < 4.78 is 39.5. The molecule has 0 spiro atoms. The van der Waals surface area contributed by atoms with Gasteiger partial charge < -0.3 is 10.2 Å². The summed E-state index contributed by atoms with van der Waals surface area (Å²) in [7, 11) is -3.93. The number of halogens is 2. The number of benzene rings is 2. The van der Waals surface area contributed by atoms with Crippen molar-refractivity contribution in [3.05, 3.63) is 64.4 Å². The Morgan fingerprint density at radius 2 is 1.71 bits per heavy atom. The van der Waals surface area contributed by atoms with Crippen LogP contribution in [0.25, 0.3) is 0 Å². The molecule has 34 heavy (non-hydrogen) atoms. The first-order valence-corrected chi connectivity index (χ1v) is 12.9. The van der Waals surface area contributed by atoms with Crippen LogP contribution in [0.2, 0.25) is 5.02 Å². The quantitative estimate of drug-likeness (QED) is 0.582. The summed E-state index contributed by atoms with van der Waals surface area (Å²) in [5.74, 6) is -1.68. The lowest BCUT2D eigenvalue weighted by Crippen LogP contribution is -2.54. The van der Waals surface area contributed by atoms with Gasteiger partial charge in [0, 0.05) is 12.1 Å². The lowest BCUT2D eigenvalue weighted by atomic mass is 10.1. The van der Waals surface area contributed by atoms with Gasteiger partial charge in [0.15, 0.2) is 0 Å². The topological polar surface area (TPSA) is 86.8 Å². The summed E-state index contributed by atoms with van der Waals surface area (Å²) >= 11 is 5.84. The molecule has 0 fully saturated rings. The Bertz CT molecular complexity index is 1150. The van der Waals surface area contributed by atoms with Gasteiger partial charge in [0.1, 0.15) is 18.4 Å². The third-order valence-corrected chi connectivity index (χ3v) is 6.44. The van der Waals surface area contributed by atoms with Gasteiger partial charge in [0.2, 0.25) is 21.8 Å².